The van der Waals surface area contributed by atoms with Gasteiger partial charge in [0.1, 0.15) is 5.65 Å². The Morgan fingerprint density at radius 2 is 2.09 bits per heavy atom. The molecule has 1 atom stereocenters. The lowest BCUT2D eigenvalue weighted by Crippen LogP contribution is -2.50. The van der Waals surface area contributed by atoms with E-state index in [2.05, 4.69) is 20.5 Å². The summed E-state index contributed by atoms with van der Waals surface area (Å²) in [6.45, 7) is 6.30. The first-order chi connectivity index (χ1) is 10.7. The highest BCUT2D eigenvalue weighted by molar-refractivity contribution is 7.99. The van der Waals surface area contributed by atoms with Crippen molar-refractivity contribution in [3.63, 3.8) is 0 Å². The van der Waals surface area contributed by atoms with Gasteiger partial charge in [-0.15, -0.1) is 0 Å². The second-order valence-electron chi connectivity index (χ2n) is 5.68. The second-order valence-corrected chi connectivity index (χ2v) is 6.86. The van der Waals surface area contributed by atoms with Crippen LogP contribution < -0.4 is 0 Å². The molecule has 0 unspecified atom stereocenters. The predicted octanol–water partition coefficient (Wildman–Crippen LogP) is 1.73. The van der Waals surface area contributed by atoms with E-state index in [9.17, 15) is 4.79 Å². The fraction of sp³-hybridized carbons (Fsp3) is 0.500. The number of pyridine rings is 1. The molecule has 0 radical (unpaired) electrons. The van der Waals surface area contributed by atoms with E-state index in [-0.39, 0.29) is 11.2 Å². The summed E-state index contributed by atoms with van der Waals surface area (Å²) < 4.78 is 2.05. The maximum atomic E-state index is 12.2. The number of thioether (sulfide) groups is 1. The number of piperazine rings is 1. The number of rotatable bonds is 4. The van der Waals surface area contributed by atoms with Crippen LogP contribution in [0.3, 0.4) is 0 Å². The molecule has 0 N–H and O–H groups in total. The van der Waals surface area contributed by atoms with Crippen molar-refractivity contribution < 1.29 is 4.79 Å². The summed E-state index contributed by atoms with van der Waals surface area (Å²) in [5.74, 6) is 0.264. The average Bonchev–Trinajstić information content (AvgIpc) is 2.96. The molecule has 3 rings (SSSR count). The molecule has 1 amide bonds. The van der Waals surface area contributed by atoms with Gasteiger partial charge in [0.15, 0.2) is 0 Å². The third-order valence-corrected chi connectivity index (χ3v) is 5.09. The normalized spacial score (nSPS) is 17.8. The van der Waals surface area contributed by atoms with Crippen LogP contribution in [0.5, 0.6) is 0 Å². The monoisotopic (exact) mass is 318 g/mol. The maximum Gasteiger partial charge on any atom is 0.235 e. The fourth-order valence-electron chi connectivity index (χ4n) is 2.78. The van der Waals surface area contributed by atoms with Gasteiger partial charge in [0, 0.05) is 45.1 Å². The Labute approximate surface area is 135 Å². The molecule has 0 bridgehead atoms. The number of fused-ring (bicyclic) bond motifs is 1. The zero-order valence-corrected chi connectivity index (χ0v) is 13.9. The van der Waals surface area contributed by atoms with E-state index in [0.717, 1.165) is 44.1 Å². The zero-order chi connectivity index (χ0) is 15.5. The molecule has 3 heterocycles. The summed E-state index contributed by atoms with van der Waals surface area (Å²) in [7, 11) is 0. The molecular weight excluding hydrogens is 296 g/mol. The summed E-state index contributed by atoms with van der Waals surface area (Å²) in [5, 5.41) is 0.0602. The van der Waals surface area contributed by atoms with Gasteiger partial charge in [0.05, 0.1) is 10.9 Å². The van der Waals surface area contributed by atoms with E-state index in [1.807, 2.05) is 42.5 Å². The Bertz CT molecular complexity index is 615. The smallest absolute Gasteiger partial charge is 0.235 e. The molecule has 22 heavy (non-hydrogen) atoms. The van der Waals surface area contributed by atoms with Crippen molar-refractivity contribution in [2.75, 3.05) is 32.4 Å². The van der Waals surface area contributed by atoms with Crippen LogP contribution in [0.4, 0.5) is 0 Å². The third kappa shape index (κ3) is 3.28. The van der Waals surface area contributed by atoms with Gasteiger partial charge < -0.3 is 9.30 Å². The summed E-state index contributed by atoms with van der Waals surface area (Å²) >= 11 is 1.61. The number of hydrogen-bond donors (Lipinski definition) is 0. The molecule has 2 aromatic heterocycles. The number of carbonyl (C=O) groups is 1. The van der Waals surface area contributed by atoms with Gasteiger partial charge in [-0.1, -0.05) is 6.07 Å². The lowest BCUT2D eigenvalue weighted by atomic mass is 10.2. The third-order valence-electron chi connectivity index (χ3n) is 4.18. The number of hydrogen-bond acceptors (Lipinski definition) is 4. The minimum Gasteiger partial charge on any atom is -0.339 e. The van der Waals surface area contributed by atoms with Crippen LogP contribution in [0.2, 0.25) is 0 Å². The topological polar surface area (TPSA) is 40.9 Å². The standard InChI is InChI=1S/C16H22N4OS/c1-13(22-2)16(21)19-9-7-18(8-10-19)11-14-12-20-6-4-3-5-15(20)17-14/h3-6,12-13H,7-11H2,1-2H3/t13-/m0/s1. The van der Waals surface area contributed by atoms with Crippen LogP contribution in [0.1, 0.15) is 12.6 Å². The minimum absolute atomic E-state index is 0.0602. The van der Waals surface area contributed by atoms with Crippen LogP contribution in [-0.2, 0) is 11.3 Å². The maximum absolute atomic E-state index is 12.2. The van der Waals surface area contributed by atoms with Crippen molar-refractivity contribution in [3.05, 3.63) is 36.3 Å². The van der Waals surface area contributed by atoms with Crippen LogP contribution in [0.25, 0.3) is 5.65 Å². The van der Waals surface area contributed by atoms with Gasteiger partial charge in [-0.05, 0) is 25.3 Å². The van der Waals surface area contributed by atoms with E-state index in [1.54, 1.807) is 11.8 Å². The van der Waals surface area contributed by atoms with Crippen molar-refractivity contribution in [3.8, 4) is 0 Å². The summed E-state index contributed by atoms with van der Waals surface area (Å²) in [6.07, 6.45) is 6.09. The molecule has 118 valence electrons. The molecule has 0 saturated carbocycles. The minimum atomic E-state index is 0.0602. The van der Waals surface area contributed by atoms with E-state index in [1.165, 1.54) is 0 Å². The molecular formula is C16H22N4OS. The van der Waals surface area contributed by atoms with Gasteiger partial charge in [-0.2, -0.15) is 11.8 Å². The highest BCUT2D eigenvalue weighted by Crippen LogP contribution is 2.13. The second kappa shape index (κ2) is 6.71. The van der Waals surface area contributed by atoms with Gasteiger partial charge in [-0.3, -0.25) is 9.69 Å². The lowest BCUT2D eigenvalue weighted by molar-refractivity contribution is -0.132. The number of carbonyl (C=O) groups excluding carboxylic acids is 1. The van der Waals surface area contributed by atoms with Crippen LogP contribution in [0, 0.1) is 0 Å². The van der Waals surface area contributed by atoms with Gasteiger partial charge in [-0.25, -0.2) is 4.98 Å². The molecule has 1 fully saturated rings. The quantitative estimate of drug-likeness (QED) is 0.861. The molecule has 0 aromatic carbocycles. The number of imidazole rings is 1. The largest absolute Gasteiger partial charge is 0.339 e. The lowest BCUT2D eigenvalue weighted by Gasteiger charge is -2.35. The predicted molar refractivity (Wildman–Crippen MR) is 90.0 cm³/mol. The van der Waals surface area contributed by atoms with Gasteiger partial charge in [0.25, 0.3) is 0 Å². The molecule has 6 heteroatoms. The molecule has 1 aliphatic rings. The van der Waals surface area contributed by atoms with E-state index < -0.39 is 0 Å². The van der Waals surface area contributed by atoms with Crippen LogP contribution >= 0.6 is 11.8 Å². The van der Waals surface area contributed by atoms with Gasteiger partial charge >= 0.3 is 0 Å². The number of aromatic nitrogens is 2. The molecule has 2 aromatic rings. The van der Waals surface area contributed by atoms with Crippen LogP contribution in [-0.4, -0.2) is 62.8 Å². The summed E-state index contributed by atoms with van der Waals surface area (Å²) in [6, 6.07) is 6.03. The van der Waals surface area contributed by atoms with Crippen molar-refractivity contribution in [1.82, 2.24) is 19.2 Å². The Kier molecular flexibility index (Phi) is 4.69. The summed E-state index contributed by atoms with van der Waals surface area (Å²) in [5.41, 5.74) is 2.07. The van der Waals surface area contributed by atoms with Crippen LogP contribution in [0.15, 0.2) is 30.6 Å². The van der Waals surface area contributed by atoms with Crippen molar-refractivity contribution in [1.29, 1.82) is 0 Å². The van der Waals surface area contributed by atoms with E-state index in [4.69, 9.17) is 0 Å². The first kappa shape index (κ1) is 15.4. The number of nitrogens with zero attached hydrogens (tertiary/aromatic N) is 4. The summed E-state index contributed by atoms with van der Waals surface area (Å²) in [4.78, 5) is 21.2. The first-order valence-electron chi connectivity index (χ1n) is 7.64. The van der Waals surface area contributed by atoms with Crippen molar-refractivity contribution in [2.45, 2.75) is 18.7 Å². The van der Waals surface area contributed by atoms with E-state index in [0.29, 0.717) is 0 Å². The highest BCUT2D eigenvalue weighted by Gasteiger charge is 2.24. The van der Waals surface area contributed by atoms with Crippen molar-refractivity contribution >= 4 is 23.3 Å². The number of amides is 1. The molecule has 0 aliphatic carbocycles. The molecule has 0 spiro atoms. The van der Waals surface area contributed by atoms with Gasteiger partial charge in [0.2, 0.25) is 5.91 Å². The van der Waals surface area contributed by atoms with E-state index >= 15 is 0 Å². The Morgan fingerprint density at radius 3 is 2.77 bits per heavy atom. The van der Waals surface area contributed by atoms with Crippen molar-refractivity contribution in [2.24, 2.45) is 0 Å². The first-order valence-corrected chi connectivity index (χ1v) is 8.92. The fourth-order valence-corrected chi connectivity index (χ4v) is 3.13. The Balaban J connectivity index is 1.56. The Morgan fingerprint density at radius 1 is 1.32 bits per heavy atom. The zero-order valence-electron chi connectivity index (χ0n) is 13.1. The highest BCUT2D eigenvalue weighted by atomic mass is 32.2. The SMILES string of the molecule is CS[C@@H](C)C(=O)N1CCN(Cc2cn3ccccc3n2)CC1. The Hall–Kier alpha value is -1.53. The molecule has 1 aliphatic heterocycles. The molecule has 1 saturated heterocycles. The molecule has 5 nitrogen and oxygen atoms in total. The average molecular weight is 318 g/mol.